The van der Waals surface area contributed by atoms with E-state index >= 15 is 0 Å². The average Bonchev–Trinajstić information content (AvgIpc) is 3.21. The molecule has 2 aromatic heterocycles. The summed E-state index contributed by atoms with van der Waals surface area (Å²) in [5.74, 6) is 1.46. The summed E-state index contributed by atoms with van der Waals surface area (Å²) in [6.45, 7) is 0.301. The van der Waals surface area contributed by atoms with E-state index in [4.69, 9.17) is 25.5 Å². The number of pyridine rings is 1. The van der Waals surface area contributed by atoms with Gasteiger partial charge in [0.2, 0.25) is 0 Å². The summed E-state index contributed by atoms with van der Waals surface area (Å²) < 4.78 is 15.7. The van der Waals surface area contributed by atoms with Crippen molar-refractivity contribution in [3.8, 4) is 11.5 Å². The number of methoxy groups -OCH3 is 2. The smallest absolute Gasteiger partial charge is 0.270 e. The molecular formula is C19H18ClN3O4. The van der Waals surface area contributed by atoms with Crippen LogP contribution in [-0.4, -0.2) is 25.1 Å². The monoisotopic (exact) mass is 387 g/mol. The third-order valence-electron chi connectivity index (χ3n) is 3.75. The first-order valence-corrected chi connectivity index (χ1v) is 8.43. The molecule has 0 aliphatic heterocycles. The number of hydrogen-bond acceptors (Lipinski definition) is 6. The Labute approximate surface area is 161 Å². The van der Waals surface area contributed by atoms with Crippen LogP contribution >= 0.6 is 11.6 Å². The highest BCUT2D eigenvalue weighted by atomic mass is 35.5. The Morgan fingerprint density at radius 3 is 2.63 bits per heavy atom. The number of benzene rings is 1. The maximum atomic E-state index is 12.1. The van der Waals surface area contributed by atoms with Crippen LogP contribution in [0.2, 0.25) is 5.02 Å². The van der Waals surface area contributed by atoms with Crippen LogP contribution in [-0.2, 0) is 6.54 Å². The summed E-state index contributed by atoms with van der Waals surface area (Å²) in [7, 11) is 3.09. The van der Waals surface area contributed by atoms with Gasteiger partial charge in [0.25, 0.3) is 5.91 Å². The van der Waals surface area contributed by atoms with Crippen molar-refractivity contribution in [2.24, 2.45) is 0 Å². The van der Waals surface area contributed by atoms with Gasteiger partial charge in [0.1, 0.15) is 23.0 Å². The first kappa shape index (κ1) is 18.6. The van der Waals surface area contributed by atoms with Crippen molar-refractivity contribution in [1.29, 1.82) is 0 Å². The average molecular weight is 388 g/mol. The Hall–Kier alpha value is -3.19. The van der Waals surface area contributed by atoms with Gasteiger partial charge >= 0.3 is 0 Å². The first-order chi connectivity index (χ1) is 13.1. The van der Waals surface area contributed by atoms with Crippen LogP contribution in [0.25, 0.3) is 0 Å². The van der Waals surface area contributed by atoms with E-state index in [1.54, 1.807) is 56.0 Å². The van der Waals surface area contributed by atoms with Crippen LogP contribution in [0.3, 0.4) is 0 Å². The molecule has 0 atom stereocenters. The number of hydrogen-bond donors (Lipinski definition) is 2. The number of rotatable bonds is 7. The minimum Gasteiger partial charge on any atom is -0.495 e. The zero-order chi connectivity index (χ0) is 19.2. The summed E-state index contributed by atoms with van der Waals surface area (Å²) >= 11 is 6.11. The molecule has 0 aliphatic carbocycles. The number of nitrogens with zero attached hydrogens (tertiary/aromatic N) is 1. The molecule has 1 amide bonds. The summed E-state index contributed by atoms with van der Waals surface area (Å²) in [5.41, 5.74) is 1.64. The van der Waals surface area contributed by atoms with Crippen molar-refractivity contribution >= 4 is 28.9 Å². The molecule has 3 aromatic rings. The van der Waals surface area contributed by atoms with Gasteiger partial charge in [-0.3, -0.25) is 4.79 Å². The van der Waals surface area contributed by atoms with Crippen LogP contribution < -0.4 is 20.1 Å². The van der Waals surface area contributed by atoms with Gasteiger partial charge in [-0.2, -0.15) is 0 Å². The molecule has 0 spiro atoms. The van der Waals surface area contributed by atoms with Crippen LogP contribution in [0.15, 0.2) is 53.3 Å². The Balaban J connectivity index is 1.69. The molecule has 1 aromatic carbocycles. The highest BCUT2D eigenvalue weighted by molar-refractivity contribution is 6.32. The van der Waals surface area contributed by atoms with Gasteiger partial charge in [-0.25, -0.2) is 4.98 Å². The lowest BCUT2D eigenvalue weighted by Crippen LogP contribution is -2.23. The van der Waals surface area contributed by atoms with E-state index < -0.39 is 0 Å². The molecule has 0 radical (unpaired) electrons. The molecule has 2 N–H and O–H groups in total. The predicted molar refractivity (Wildman–Crippen MR) is 102 cm³/mol. The maximum absolute atomic E-state index is 12.1. The van der Waals surface area contributed by atoms with Crippen molar-refractivity contribution in [2.45, 2.75) is 6.54 Å². The lowest BCUT2D eigenvalue weighted by atomic mass is 10.2. The number of aromatic nitrogens is 1. The number of ether oxygens (including phenoxy) is 2. The first-order valence-electron chi connectivity index (χ1n) is 8.06. The Kier molecular flexibility index (Phi) is 5.83. The van der Waals surface area contributed by atoms with Gasteiger partial charge < -0.3 is 24.5 Å². The number of halogens is 1. The van der Waals surface area contributed by atoms with Crippen molar-refractivity contribution in [2.75, 3.05) is 19.5 Å². The third kappa shape index (κ3) is 4.51. The second kappa shape index (κ2) is 8.46. The molecular weight excluding hydrogens is 370 g/mol. The number of carbonyl (C=O) groups excluding carboxylic acids is 1. The van der Waals surface area contributed by atoms with E-state index in [-0.39, 0.29) is 5.91 Å². The molecule has 27 heavy (non-hydrogen) atoms. The number of carbonyl (C=O) groups is 1. The Bertz CT molecular complexity index is 911. The fourth-order valence-electron chi connectivity index (χ4n) is 2.39. The molecule has 0 saturated carbocycles. The molecule has 3 rings (SSSR count). The zero-order valence-corrected chi connectivity index (χ0v) is 15.5. The van der Waals surface area contributed by atoms with Crippen LogP contribution in [0, 0.1) is 0 Å². The second-order valence-corrected chi connectivity index (χ2v) is 5.91. The van der Waals surface area contributed by atoms with Gasteiger partial charge in [0.05, 0.1) is 49.6 Å². The lowest BCUT2D eigenvalue weighted by molar-refractivity contribution is 0.0943. The van der Waals surface area contributed by atoms with E-state index in [0.29, 0.717) is 45.9 Å². The van der Waals surface area contributed by atoms with E-state index in [1.165, 1.54) is 7.11 Å². The topological polar surface area (TPSA) is 85.6 Å². The summed E-state index contributed by atoms with van der Waals surface area (Å²) in [6.07, 6.45) is 3.11. The van der Waals surface area contributed by atoms with E-state index in [2.05, 4.69) is 15.6 Å². The van der Waals surface area contributed by atoms with Gasteiger partial charge in [0, 0.05) is 12.1 Å². The standard InChI is InChI=1S/C19H18ClN3O4/c1-25-17-9-16(18(26-2)8-14(17)20)23-12-5-6-15(21-10-12)19(24)22-11-13-4-3-7-27-13/h3-10,23H,11H2,1-2H3,(H,22,24). The van der Waals surface area contributed by atoms with Gasteiger partial charge in [-0.1, -0.05) is 11.6 Å². The fourth-order valence-corrected chi connectivity index (χ4v) is 2.62. The quantitative estimate of drug-likeness (QED) is 0.636. The fraction of sp³-hybridized carbons (Fsp3) is 0.158. The molecule has 0 unspecified atom stereocenters. The zero-order valence-electron chi connectivity index (χ0n) is 14.8. The summed E-state index contributed by atoms with van der Waals surface area (Å²) in [6, 6.07) is 10.3. The molecule has 8 heteroatoms. The normalized spacial score (nSPS) is 10.3. The minimum absolute atomic E-state index is 0.288. The Morgan fingerprint density at radius 1 is 1.19 bits per heavy atom. The van der Waals surface area contributed by atoms with E-state index in [9.17, 15) is 4.79 Å². The molecule has 0 bridgehead atoms. The SMILES string of the molecule is COc1cc(Nc2ccc(C(=O)NCc3ccco3)nc2)c(OC)cc1Cl. The molecule has 0 aliphatic rings. The number of amides is 1. The number of nitrogens with one attached hydrogen (secondary N) is 2. The molecule has 140 valence electrons. The van der Waals surface area contributed by atoms with Crippen LogP contribution in [0.5, 0.6) is 11.5 Å². The minimum atomic E-state index is -0.288. The summed E-state index contributed by atoms with van der Waals surface area (Å²) in [5, 5.41) is 6.36. The maximum Gasteiger partial charge on any atom is 0.270 e. The predicted octanol–water partition coefficient (Wildman–Crippen LogP) is 4.02. The van der Waals surface area contributed by atoms with Gasteiger partial charge in [0.15, 0.2) is 0 Å². The molecule has 0 fully saturated rings. The van der Waals surface area contributed by atoms with Crippen molar-refractivity contribution in [3.63, 3.8) is 0 Å². The van der Waals surface area contributed by atoms with Crippen molar-refractivity contribution < 1.29 is 18.7 Å². The second-order valence-electron chi connectivity index (χ2n) is 5.51. The van der Waals surface area contributed by atoms with Crippen LogP contribution in [0.1, 0.15) is 16.2 Å². The molecule has 2 heterocycles. The number of furan rings is 1. The third-order valence-corrected chi connectivity index (χ3v) is 4.05. The van der Waals surface area contributed by atoms with Crippen molar-refractivity contribution in [1.82, 2.24) is 10.3 Å². The van der Waals surface area contributed by atoms with E-state index in [0.717, 1.165) is 0 Å². The highest BCUT2D eigenvalue weighted by Gasteiger charge is 2.12. The molecule has 0 saturated heterocycles. The Morgan fingerprint density at radius 2 is 2.00 bits per heavy atom. The lowest BCUT2D eigenvalue weighted by Gasteiger charge is -2.14. The van der Waals surface area contributed by atoms with E-state index in [1.807, 2.05) is 0 Å². The van der Waals surface area contributed by atoms with Crippen LogP contribution in [0.4, 0.5) is 11.4 Å². The van der Waals surface area contributed by atoms with Crippen molar-refractivity contribution in [3.05, 3.63) is 65.3 Å². The largest absolute Gasteiger partial charge is 0.495 e. The summed E-state index contributed by atoms with van der Waals surface area (Å²) in [4.78, 5) is 16.3. The highest BCUT2D eigenvalue weighted by Crippen LogP contribution is 2.37. The number of anilines is 2. The van der Waals surface area contributed by atoms with Gasteiger partial charge in [-0.15, -0.1) is 0 Å². The molecule has 7 nitrogen and oxygen atoms in total. The van der Waals surface area contributed by atoms with Gasteiger partial charge in [-0.05, 0) is 24.3 Å².